The molecule has 20 heavy (non-hydrogen) atoms. The van der Waals surface area contributed by atoms with Gasteiger partial charge in [-0.15, -0.1) is 0 Å². The molecule has 2 nitrogen and oxygen atoms in total. The third-order valence-electron chi connectivity index (χ3n) is 5.26. The summed E-state index contributed by atoms with van der Waals surface area (Å²) in [6.45, 7) is 10.6. The van der Waals surface area contributed by atoms with Crippen molar-refractivity contribution in [3.05, 3.63) is 35.4 Å². The molecule has 1 N–H and O–H groups in total. The lowest BCUT2D eigenvalue weighted by molar-refractivity contribution is 0.100. The summed E-state index contributed by atoms with van der Waals surface area (Å²) in [5.41, 5.74) is 3.17. The molecule has 1 fully saturated rings. The van der Waals surface area contributed by atoms with Crippen molar-refractivity contribution in [2.45, 2.75) is 51.6 Å². The number of nitrogens with one attached hydrogen (secondary N) is 1. The molecule has 3 atom stereocenters. The summed E-state index contributed by atoms with van der Waals surface area (Å²) in [7, 11) is 0. The maximum absolute atomic E-state index is 3.74. The molecule has 1 aromatic carbocycles. The highest BCUT2D eigenvalue weighted by Crippen LogP contribution is 2.36. The monoisotopic (exact) mass is 272 g/mol. The molecule has 1 aromatic rings. The van der Waals surface area contributed by atoms with Crippen molar-refractivity contribution < 1.29 is 0 Å². The van der Waals surface area contributed by atoms with Crippen LogP contribution in [0.2, 0.25) is 0 Å². The topological polar surface area (TPSA) is 15.3 Å². The highest BCUT2D eigenvalue weighted by Gasteiger charge is 2.33. The third-order valence-corrected chi connectivity index (χ3v) is 5.26. The van der Waals surface area contributed by atoms with Gasteiger partial charge in [0.05, 0.1) is 0 Å². The van der Waals surface area contributed by atoms with Crippen LogP contribution in [0.1, 0.15) is 44.2 Å². The minimum atomic E-state index is 0.660. The second kappa shape index (κ2) is 5.87. The van der Waals surface area contributed by atoms with Gasteiger partial charge in [-0.3, -0.25) is 4.90 Å². The van der Waals surface area contributed by atoms with E-state index in [1.54, 1.807) is 11.1 Å². The second-order valence-electron chi connectivity index (χ2n) is 6.87. The summed E-state index contributed by atoms with van der Waals surface area (Å²) in [5, 5.41) is 3.74. The van der Waals surface area contributed by atoms with E-state index < -0.39 is 0 Å². The van der Waals surface area contributed by atoms with Crippen molar-refractivity contribution in [1.29, 1.82) is 0 Å². The van der Waals surface area contributed by atoms with Gasteiger partial charge in [-0.25, -0.2) is 0 Å². The molecule has 110 valence electrons. The lowest BCUT2D eigenvalue weighted by Crippen LogP contribution is -2.58. The Kier molecular flexibility index (Phi) is 4.13. The standard InChI is InChI=1S/C18H28N2/c1-4-16-10-19-18(13(2)3)12-20(16)11-15-9-14-7-5-6-8-17(14)15/h5-8,13,15-16,18-19H,4,9-12H2,1-3H3. The van der Waals surface area contributed by atoms with E-state index in [1.165, 1.54) is 25.9 Å². The van der Waals surface area contributed by atoms with Crippen LogP contribution in [-0.2, 0) is 6.42 Å². The highest BCUT2D eigenvalue weighted by atomic mass is 15.2. The minimum Gasteiger partial charge on any atom is -0.311 e. The fourth-order valence-electron chi connectivity index (χ4n) is 3.76. The molecule has 0 radical (unpaired) electrons. The SMILES string of the molecule is CCC1CNC(C(C)C)CN1CC1Cc2ccccc21. The molecule has 1 saturated heterocycles. The molecule has 0 aromatic heterocycles. The molecule has 3 rings (SSSR count). The van der Waals surface area contributed by atoms with Gasteiger partial charge in [-0.2, -0.15) is 0 Å². The molecule has 0 bridgehead atoms. The highest BCUT2D eigenvalue weighted by molar-refractivity contribution is 5.40. The average molecular weight is 272 g/mol. The van der Waals surface area contributed by atoms with Gasteiger partial charge >= 0.3 is 0 Å². The van der Waals surface area contributed by atoms with Gasteiger partial charge in [0.2, 0.25) is 0 Å². The molecule has 2 aliphatic rings. The number of hydrogen-bond acceptors (Lipinski definition) is 2. The predicted octanol–water partition coefficient (Wildman–Crippen LogP) is 3.03. The first-order valence-corrected chi connectivity index (χ1v) is 8.24. The normalized spacial score (nSPS) is 30.1. The Morgan fingerprint density at radius 1 is 1.30 bits per heavy atom. The molecule has 0 spiro atoms. The largest absolute Gasteiger partial charge is 0.311 e. The Balaban J connectivity index is 1.66. The third kappa shape index (κ3) is 2.64. The van der Waals surface area contributed by atoms with Crippen LogP contribution in [0.3, 0.4) is 0 Å². The van der Waals surface area contributed by atoms with Crippen LogP contribution in [0.15, 0.2) is 24.3 Å². The quantitative estimate of drug-likeness (QED) is 0.906. The van der Waals surface area contributed by atoms with Crippen LogP contribution in [0.25, 0.3) is 0 Å². The zero-order valence-corrected chi connectivity index (χ0v) is 13.1. The maximum atomic E-state index is 3.74. The van der Waals surface area contributed by atoms with Crippen molar-refractivity contribution in [3.8, 4) is 0 Å². The van der Waals surface area contributed by atoms with Crippen LogP contribution < -0.4 is 5.32 Å². The van der Waals surface area contributed by atoms with Crippen molar-refractivity contribution >= 4 is 0 Å². The summed E-state index contributed by atoms with van der Waals surface area (Å²) in [6, 6.07) is 10.4. The van der Waals surface area contributed by atoms with Gasteiger partial charge in [-0.05, 0) is 29.9 Å². The number of nitrogens with zero attached hydrogens (tertiary/aromatic N) is 1. The summed E-state index contributed by atoms with van der Waals surface area (Å²) >= 11 is 0. The average Bonchev–Trinajstić information content (AvgIpc) is 2.44. The van der Waals surface area contributed by atoms with E-state index in [0.717, 1.165) is 24.4 Å². The number of fused-ring (bicyclic) bond motifs is 1. The Morgan fingerprint density at radius 2 is 2.10 bits per heavy atom. The first-order valence-electron chi connectivity index (χ1n) is 8.24. The summed E-state index contributed by atoms with van der Waals surface area (Å²) in [6.07, 6.45) is 2.54. The first kappa shape index (κ1) is 14.1. The predicted molar refractivity (Wildman–Crippen MR) is 85.2 cm³/mol. The number of rotatable bonds is 4. The van der Waals surface area contributed by atoms with Gasteiger partial charge in [0.1, 0.15) is 0 Å². The smallest absolute Gasteiger partial charge is 0.0219 e. The zero-order chi connectivity index (χ0) is 14.1. The van der Waals surface area contributed by atoms with Gasteiger partial charge in [-0.1, -0.05) is 45.0 Å². The molecule has 3 unspecified atom stereocenters. The van der Waals surface area contributed by atoms with Gasteiger partial charge in [0, 0.05) is 37.6 Å². The van der Waals surface area contributed by atoms with Crippen molar-refractivity contribution in [1.82, 2.24) is 10.2 Å². The van der Waals surface area contributed by atoms with E-state index >= 15 is 0 Å². The van der Waals surface area contributed by atoms with Crippen molar-refractivity contribution in [3.63, 3.8) is 0 Å². The summed E-state index contributed by atoms with van der Waals surface area (Å²) in [5.74, 6) is 1.50. The Hall–Kier alpha value is -0.860. The lowest BCUT2D eigenvalue weighted by atomic mass is 9.77. The van der Waals surface area contributed by atoms with E-state index in [4.69, 9.17) is 0 Å². The molecule has 1 heterocycles. The Morgan fingerprint density at radius 3 is 2.80 bits per heavy atom. The van der Waals surface area contributed by atoms with Crippen molar-refractivity contribution in [2.24, 2.45) is 5.92 Å². The molecule has 0 saturated carbocycles. The van der Waals surface area contributed by atoms with Crippen molar-refractivity contribution in [2.75, 3.05) is 19.6 Å². The molecule has 1 aliphatic heterocycles. The molecular weight excluding hydrogens is 244 g/mol. The van der Waals surface area contributed by atoms with Gasteiger partial charge < -0.3 is 5.32 Å². The van der Waals surface area contributed by atoms with Gasteiger partial charge in [0.15, 0.2) is 0 Å². The zero-order valence-electron chi connectivity index (χ0n) is 13.1. The van der Waals surface area contributed by atoms with Crippen LogP contribution in [0, 0.1) is 5.92 Å². The minimum absolute atomic E-state index is 0.660. The van der Waals surface area contributed by atoms with Gasteiger partial charge in [0.25, 0.3) is 0 Å². The number of hydrogen-bond donors (Lipinski definition) is 1. The first-order chi connectivity index (χ1) is 9.69. The number of piperazine rings is 1. The van der Waals surface area contributed by atoms with E-state index in [0.29, 0.717) is 6.04 Å². The molecular formula is C18H28N2. The summed E-state index contributed by atoms with van der Waals surface area (Å²) in [4.78, 5) is 2.75. The van der Waals surface area contributed by atoms with E-state index in [1.807, 2.05) is 0 Å². The van der Waals surface area contributed by atoms with Crippen LogP contribution in [0.5, 0.6) is 0 Å². The fourth-order valence-corrected chi connectivity index (χ4v) is 3.76. The van der Waals surface area contributed by atoms with E-state index in [-0.39, 0.29) is 0 Å². The second-order valence-corrected chi connectivity index (χ2v) is 6.87. The van der Waals surface area contributed by atoms with E-state index in [2.05, 4.69) is 55.3 Å². The molecule has 0 amide bonds. The summed E-state index contributed by atoms with van der Waals surface area (Å²) < 4.78 is 0. The molecule has 2 heteroatoms. The molecule has 1 aliphatic carbocycles. The fraction of sp³-hybridized carbons (Fsp3) is 0.667. The Labute approximate surface area is 123 Å². The lowest BCUT2D eigenvalue weighted by Gasteiger charge is -2.44. The van der Waals surface area contributed by atoms with Crippen LogP contribution in [0.4, 0.5) is 0 Å². The number of benzene rings is 1. The Bertz CT molecular complexity index is 454. The van der Waals surface area contributed by atoms with E-state index in [9.17, 15) is 0 Å². The van der Waals surface area contributed by atoms with Crippen LogP contribution in [-0.4, -0.2) is 36.6 Å². The maximum Gasteiger partial charge on any atom is 0.0219 e. The van der Waals surface area contributed by atoms with Crippen LogP contribution >= 0.6 is 0 Å².